The van der Waals surface area contributed by atoms with Crippen LogP contribution < -0.4 is 10.5 Å². The van der Waals surface area contributed by atoms with Gasteiger partial charge in [0.05, 0.1) is 12.8 Å². The van der Waals surface area contributed by atoms with E-state index in [0.717, 1.165) is 24.2 Å². The first kappa shape index (κ1) is 14.1. The minimum atomic E-state index is -0.0284. The van der Waals surface area contributed by atoms with Crippen molar-refractivity contribution in [2.24, 2.45) is 5.73 Å². The molecule has 0 amide bonds. The summed E-state index contributed by atoms with van der Waals surface area (Å²) >= 11 is 0. The number of hydrogen-bond donors (Lipinski definition) is 1. The molecule has 2 aromatic rings. The molecule has 1 aliphatic rings. The Kier molecular flexibility index (Phi) is 4.20. The number of ether oxygens (including phenoxy) is 1. The zero-order valence-corrected chi connectivity index (χ0v) is 12.5. The fourth-order valence-corrected chi connectivity index (χ4v) is 3.26. The van der Waals surface area contributed by atoms with Crippen LogP contribution >= 0.6 is 0 Å². The highest BCUT2D eigenvalue weighted by atomic mass is 16.5. The Hall–Kier alpha value is -1.87. The molecular formula is C18H22N2O. The van der Waals surface area contributed by atoms with Crippen LogP contribution in [-0.2, 0) is 6.42 Å². The molecule has 3 nitrogen and oxygen atoms in total. The van der Waals surface area contributed by atoms with E-state index < -0.39 is 0 Å². The maximum absolute atomic E-state index is 6.55. The van der Waals surface area contributed by atoms with E-state index in [1.165, 1.54) is 17.5 Å². The topological polar surface area (TPSA) is 48.1 Å². The van der Waals surface area contributed by atoms with Gasteiger partial charge in [-0.15, -0.1) is 0 Å². The van der Waals surface area contributed by atoms with Gasteiger partial charge in [-0.05, 0) is 48.9 Å². The number of aromatic nitrogens is 1. The molecule has 0 fully saturated rings. The second-order valence-electron chi connectivity index (χ2n) is 5.61. The molecule has 3 heteroatoms. The number of nitrogens with zero attached hydrogens (tertiary/aromatic N) is 1. The number of fused-ring (bicyclic) bond motifs is 1. The zero-order chi connectivity index (χ0) is 14.7. The molecule has 0 aliphatic heterocycles. The first-order chi connectivity index (χ1) is 10.3. The number of pyridine rings is 1. The van der Waals surface area contributed by atoms with Crippen molar-refractivity contribution in [3.63, 3.8) is 0 Å². The van der Waals surface area contributed by atoms with Crippen LogP contribution in [0.15, 0.2) is 42.7 Å². The predicted octanol–water partition coefficient (Wildman–Crippen LogP) is 3.60. The van der Waals surface area contributed by atoms with E-state index in [1.807, 2.05) is 19.2 Å². The maximum Gasteiger partial charge on any atom is 0.137 e. The van der Waals surface area contributed by atoms with Gasteiger partial charge in [0, 0.05) is 18.2 Å². The number of benzene rings is 1. The Morgan fingerprint density at radius 3 is 3.05 bits per heavy atom. The van der Waals surface area contributed by atoms with Gasteiger partial charge in [-0.2, -0.15) is 0 Å². The van der Waals surface area contributed by atoms with Crippen LogP contribution in [0.3, 0.4) is 0 Å². The fraction of sp³-hybridized carbons (Fsp3) is 0.389. The predicted molar refractivity (Wildman–Crippen MR) is 84.5 cm³/mol. The number of aryl methyl sites for hydroxylation is 1. The standard InChI is InChI=1S/C18H22N2O/c1-2-21-15-10-14(11-20-12-15)18(19)17-9-5-7-13-6-3-4-8-16(13)17/h3-4,6,8,10-12,17-18H,2,5,7,9,19H2,1H3. The van der Waals surface area contributed by atoms with Gasteiger partial charge in [0.25, 0.3) is 0 Å². The molecule has 1 aromatic heterocycles. The molecule has 0 bridgehead atoms. The maximum atomic E-state index is 6.55. The fourth-order valence-electron chi connectivity index (χ4n) is 3.26. The van der Waals surface area contributed by atoms with Crippen molar-refractivity contribution >= 4 is 0 Å². The summed E-state index contributed by atoms with van der Waals surface area (Å²) in [5.74, 6) is 1.17. The Bertz CT molecular complexity index is 612. The van der Waals surface area contributed by atoms with Crippen LogP contribution in [0, 0.1) is 0 Å². The van der Waals surface area contributed by atoms with Crippen LogP contribution in [0.4, 0.5) is 0 Å². The zero-order valence-electron chi connectivity index (χ0n) is 12.5. The van der Waals surface area contributed by atoms with Gasteiger partial charge >= 0.3 is 0 Å². The first-order valence-electron chi connectivity index (χ1n) is 7.70. The average molecular weight is 282 g/mol. The summed E-state index contributed by atoms with van der Waals surface area (Å²) in [4.78, 5) is 4.27. The van der Waals surface area contributed by atoms with E-state index in [9.17, 15) is 0 Å². The average Bonchev–Trinajstić information content (AvgIpc) is 2.54. The van der Waals surface area contributed by atoms with E-state index >= 15 is 0 Å². The molecule has 0 saturated heterocycles. The summed E-state index contributed by atoms with van der Waals surface area (Å²) in [6, 6.07) is 10.7. The van der Waals surface area contributed by atoms with Crippen molar-refractivity contribution in [3.8, 4) is 5.75 Å². The van der Waals surface area contributed by atoms with Gasteiger partial charge in [-0.1, -0.05) is 24.3 Å². The van der Waals surface area contributed by atoms with Crippen LogP contribution in [0.25, 0.3) is 0 Å². The van der Waals surface area contributed by atoms with Crippen molar-refractivity contribution in [2.45, 2.75) is 38.1 Å². The highest BCUT2D eigenvalue weighted by Gasteiger charge is 2.26. The monoisotopic (exact) mass is 282 g/mol. The molecule has 3 rings (SSSR count). The summed E-state index contributed by atoms with van der Waals surface area (Å²) in [5.41, 5.74) is 10.5. The number of nitrogens with two attached hydrogens (primary N) is 1. The molecular weight excluding hydrogens is 260 g/mol. The third-order valence-electron chi connectivity index (χ3n) is 4.28. The van der Waals surface area contributed by atoms with E-state index in [-0.39, 0.29) is 6.04 Å². The molecule has 0 saturated carbocycles. The molecule has 2 unspecified atom stereocenters. The second kappa shape index (κ2) is 6.27. The quantitative estimate of drug-likeness (QED) is 0.932. The van der Waals surface area contributed by atoms with Crippen LogP contribution in [0.5, 0.6) is 5.75 Å². The van der Waals surface area contributed by atoms with Crippen molar-refractivity contribution in [3.05, 3.63) is 59.4 Å². The summed E-state index contributed by atoms with van der Waals surface area (Å²) in [7, 11) is 0. The minimum absolute atomic E-state index is 0.0284. The largest absolute Gasteiger partial charge is 0.492 e. The molecule has 0 spiro atoms. The van der Waals surface area contributed by atoms with Crippen molar-refractivity contribution in [2.75, 3.05) is 6.61 Å². The molecule has 1 aromatic carbocycles. The van der Waals surface area contributed by atoms with Crippen LogP contribution in [0.2, 0.25) is 0 Å². The second-order valence-corrected chi connectivity index (χ2v) is 5.61. The Balaban J connectivity index is 1.89. The highest BCUT2D eigenvalue weighted by Crippen LogP contribution is 2.39. The molecule has 21 heavy (non-hydrogen) atoms. The van der Waals surface area contributed by atoms with Crippen LogP contribution in [0.1, 0.15) is 48.4 Å². The normalized spacial score (nSPS) is 18.9. The first-order valence-corrected chi connectivity index (χ1v) is 7.70. The van der Waals surface area contributed by atoms with Gasteiger partial charge in [0.1, 0.15) is 5.75 Å². The summed E-state index contributed by atoms with van der Waals surface area (Å²) < 4.78 is 5.54. The SMILES string of the molecule is CCOc1cncc(C(N)C2CCCc3ccccc32)c1. The van der Waals surface area contributed by atoms with Gasteiger partial charge < -0.3 is 10.5 Å². The van der Waals surface area contributed by atoms with Crippen molar-refractivity contribution in [1.82, 2.24) is 4.98 Å². The summed E-state index contributed by atoms with van der Waals surface area (Å²) in [5, 5.41) is 0. The highest BCUT2D eigenvalue weighted by molar-refractivity contribution is 5.36. The minimum Gasteiger partial charge on any atom is -0.492 e. The molecule has 1 heterocycles. The van der Waals surface area contributed by atoms with Crippen LogP contribution in [-0.4, -0.2) is 11.6 Å². The molecule has 2 N–H and O–H groups in total. The Labute approximate surface area is 126 Å². The lowest BCUT2D eigenvalue weighted by molar-refractivity contribution is 0.337. The van der Waals surface area contributed by atoms with E-state index in [4.69, 9.17) is 10.5 Å². The number of hydrogen-bond acceptors (Lipinski definition) is 3. The molecule has 2 atom stereocenters. The Morgan fingerprint density at radius 1 is 1.33 bits per heavy atom. The van der Waals surface area contributed by atoms with E-state index in [0.29, 0.717) is 12.5 Å². The van der Waals surface area contributed by atoms with Crippen molar-refractivity contribution < 1.29 is 4.74 Å². The molecule has 0 radical (unpaired) electrons. The Morgan fingerprint density at radius 2 is 2.19 bits per heavy atom. The molecule has 110 valence electrons. The third-order valence-corrected chi connectivity index (χ3v) is 4.28. The van der Waals surface area contributed by atoms with Gasteiger partial charge in [0.15, 0.2) is 0 Å². The molecule has 1 aliphatic carbocycles. The van der Waals surface area contributed by atoms with Gasteiger partial charge in [-0.25, -0.2) is 0 Å². The summed E-state index contributed by atoms with van der Waals surface area (Å²) in [6.07, 6.45) is 7.11. The lowest BCUT2D eigenvalue weighted by atomic mass is 9.77. The smallest absolute Gasteiger partial charge is 0.137 e. The lowest BCUT2D eigenvalue weighted by Gasteiger charge is -2.30. The van der Waals surface area contributed by atoms with Gasteiger partial charge in [0.2, 0.25) is 0 Å². The van der Waals surface area contributed by atoms with E-state index in [2.05, 4.69) is 29.2 Å². The number of rotatable bonds is 4. The van der Waals surface area contributed by atoms with E-state index in [1.54, 1.807) is 6.20 Å². The third kappa shape index (κ3) is 2.93. The lowest BCUT2D eigenvalue weighted by Crippen LogP contribution is -2.23. The van der Waals surface area contributed by atoms with Crippen molar-refractivity contribution in [1.29, 1.82) is 0 Å². The summed E-state index contributed by atoms with van der Waals surface area (Å²) in [6.45, 7) is 2.62. The van der Waals surface area contributed by atoms with Gasteiger partial charge in [-0.3, -0.25) is 4.98 Å².